The number of hydrogen-bond acceptors (Lipinski definition) is 5. The fourth-order valence-corrected chi connectivity index (χ4v) is 2.55. The maximum atomic E-state index is 12.1. The van der Waals surface area contributed by atoms with Gasteiger partial charge in [0.2, 0.25) is 0 Å². The van der Waals surface area contributed by atoms with Crippen molar-refractivity contribution in [1.82, 2.24) is 5.06 Å². The number of carbonyl (C=O) groups excluding carboxylic acids is 4. The van der Waals surface area contributed by atoms with E-state index in [9.17, 15) is 19.2 Å². The number of hydroxylamine groups is 2. The fourth-order valence-electron chi connectivity index (χ4n) is 2.55. The summed E-state index contributed by atoms with van der Waals surface area (Å²) >= 11 is 0. The van der Waals surface area contributed by atoms with E-state index in [4.69, 9.17) is 4.84 Å². The first-order chi connectivity index (χ1) is 9.84. The minimum atomic E-state index is -0.810. The Kier molecular flexibility index (Phi) is 2.73. The van der Waals surface area contributed by atoms with Crippen LogP contribution in [0, 0.1) is 11.3 Å². The maximum Gasteiger partial charge on any atom is 0.337 e. The Labute approximate surface area is 120 Å². The van der Waals surface area contributed by atoms with Gasteiger partial charge in [-0.2, -0.15) is 0 Å². The van der Waals surface area contributed by atoms with Gasteiger partial charge < -0.3 is 4.84 Å². The number of nitrogens with zero attached hydrogens (tertiary/aromatic N) is 1. The first-order valence-electron chi connectivity index (χ1n) is 6.57. The van der Waals surface area contributed by atoms with Crippen LogP contribution >= 0.6 is 0 Å². The number of imide groups is 1. The van der Waals surface area contributed by atoms with Crippen LogP contribution in [-0.2, 0) is 14.4 Å². The SMILES string of the molecule is CC1(C)C(=O)CC1C(=O)ON1C(=O)c2ccccc2C1=O. The summed E-state index contributed by atoms with van der Waals surface area (Å²) < 4.78 is 0. The maximum absolute atomic E-state index is 12.1. The Morgan fingerprint density at radius 2 is 1.67 bits per heavy atom. The molecule has 0 aromatic heterocycles. The van der Waals surface area contributed by atoms with Gasteiger partial charge in [0.25, 0.3) is 11.8 Å². The lowest BCUT2D eigenvalue weighted by molar-refractivity contribution is -0.186. The van der Waals surface area contributed by atoms with Crippen molar-refractivity contribution in [2.75, 3.05) is 0 Å². The van der Waals surface area contributed by atoms with E-state index >= 15 is 0 Å². The van der Waals surface area contributed by atoms with Gasteiger partial charge in [-0.1, -0.05) is 31.0 Å². The number of ketones is 1. The minimum absolute atomic E-state index is 0.0354. The van der Waals surface area contributed by atoms with Gasteiger partial charge in [-0.15, -0.1) is 0 Å². The van der Waals surface area contributed by atoms with Crippen molar-refractivity contribution >= 4 is 23.6 Å². The molecule has 6 nitrogen and oxygen atoms in total. The van der Waals surface area contributed by atoms with E-state index in [0.29, 0.717) is 5.06 Å². The average molecular weight is 287 g/mol. The smallest absolute Gasteiger partial charge is 0.329 e. The van der Waals surface area contributed by atoms with E-state index in [1.807, 2.05) is 0 Å². The second kappa shape index (κ2) is 4.25. The molecule has 0 spiro atoms. The van der Waals surface area contributed by atoms with Gasteiger partial charge in [0, 0.05) is 11.8 Å². The molecule has 1 atom stereocenters. The van der Waals surface area contributed by atoms with Gasteiger partial charge in [0.1, 0.15) is 5.78 Å². The van der Waals surface area contributed by atoms with Crippen LogP contribution in [0.5, 0.6) is 0 Å². The van der Waals surface area contributed by atoms with Crippen molar-refractivity contribution in [3.63, 3.8) is 0 Å². The Hall–Kier alpha value is -2.50. The van der Waals surface area contributed by atoms with E-state index in [0.717, 1.165) is 0 Å². The van der Waals surface area contributed by atoms with Gasteiger partial charge in [0.05, 0.1) is 17.0 Å². The minimum Gasteiger partial charge on any atom is -0.329 e. The highest BCUT2D eigenvalue weighted by atomic mass is 16.7. The Balaban J connectivity index is 1.79. The molecule has 2 aliphatic rings. The van der Waals surface area contributed by atoms with E-state index in [2.05, 4.69) is 0 Å². The number of hydrogen-bond donors (Lipinski definition) is 0. The summed E-state index contributed by atoms with van der Waals surface area (Å²) in [6, 6.07) is 6.26. The number of Topliss-reactive ketones (excluding diaryl/α,β-unsaturated/α-hetero) is 1. The molecule has 1 aromatic rings. The molecule has 0 radical (unpaired) electrons. The van der Waals surface area contributed by atoms with Crippen molar-refractivity contribution in [2.45, 2.75) is 20.3 Å². The van der Waals surface area contributed by atoms with Crippen molar-refractivity contribution in [3.8, 4) is 0 Å². The largest absolute Gasteiger partial charge is 0.337 e. The first-order valence-corrected chi connectivity index (χ1v) is 6.57. The van der Waals surface area contributed by atoms with Crippen LogP contribution in [0.4, 0.5) is 0 Å². The molecule has 3 rings (SSSR count). The van der Waals surface area contributed by atoms with Crippen LogP contribution in [0.25, 0.3) is 0 Å². The zero-order valence-electron chi connectivity index (χ0n) is 11.6. The summed E-state index contributed by atoms with van der Waals surface area (Å²) in [4.78, 5) is 52.6. The molecule has 0 N–H and O–H groups in total. The summed E-state index contributed by atoms with van der Waals surface area (Å²) in [5.74, 6) is -2.71. The second-order valence-electron chi connectivity index (χ2n) is 5.76. The molecular formula is C15H13NO5. The molecule has 108 valence electrons. The topological polar surface area (TPSA) is 80.8 Å². The quantitative estimate of drug-likeness (QED) is 0.767. The second-order valence-corrected chi connectivity index (χ2v) is 5.76. The van der Waals surface area contributed by atoms with Gasteiger partial charge in [-0.25, -0.2) is 4.79 Å². The van der Waals surface area contributed by atoms with Crippen molar-refractivity contribution in [2.24, 2.45) is 11.3 Å². The van der Waals surface area contributed by atoms with Crippen molar-refractivity contribution < 1.29 is 24.0 Å². The molecule has 21 heavy (non-hydrogen) atoms. The molecule has 0 bridgehead atoms. The third kappa shape index (κ3) is 1.79. The Morgan fingerprint density at radius 3 is 2.10 bits per heavy atom. The molecule has 1 aliphatic heterocycles. The molecule has 2 amide bonds. The zero-order chi connectivity index (χ0) is 15.4. The molecule has 6 heteroatoms. The lowest BCUT2D eigenvalue weighted by atomic mass is 9.61. The van der Waals surface area contributed by atoms with Crippen LogP contribution in [0.15, 0.2) is 24.3 Å². The third-order valence-corrected chi connectivity index (χ3v) is 4.20. The highest BCUT2D eigenvalue weighted by Gasteiger charge is 2.53. The summed E-state index contributed by atoms with van der Waals surface area (Å²) in [6.07, 6.45) is 0.0784. The monoisotopic (exact) mass is 287 g/mol. The Morgan fingerprint density at radius 1 is 1.14 bits per heavy atom. The molecule has 1 unspecified atom stereocenters. The van der Waals surface area contributed by atoms with Gasteiger partial charge in [-0.05, 0) is 12.1 Å². The number of carbonyl (C=O) groups is 4. The van der Waals surface area contributed by atoms with E-state index in [1.54, 1.807) is 26.0 Å². The summed E-state index contributed by atoms with van der Waals surface area (Å²) in [5.41, 5.74) is -0.394. The lowest BCUT2D eigenvalue weighted by Gasteiger charge is -2.40. The summed E-state index contributed by atoms with van der Waals surface area (Å²) in [5, 5.41) is 0.478. The highest BCUT2D eigenvalue weighted by Crippen LogP contribution is 2.43. The van der Waals surface area contributed by atoms with Crippen LogP contribution in [0.1, 0.15) is 41.0 Å². The van der Waals surface area contributed by atoms with Crippen LogP contribution in [-0.4, -0.2) is 28.6 Å². The molecule has 1 aromatic carbocycles. The standard InChI is InChI=1S/C15H13NO5/c1-15(2)10(7-11(15)17)14(20)21-16-12(18)8-5-3-4-6-9(8)13(16)19/h3-6,10H,7H2,1-2H3. The van der Waals surface area contributed by atoms with Gasteiger partial charge in [-0.3, -0.25) is 14.4 Å². The highest BCUT2D eigenvalue weighted by molar-refractivity contribution is 6.21. The van der Waals surface area contributed by atoms with Crippen LogP contribution in [0.2, 0.25) is 0 Å². The third-order valence-electron chi connectivity index (χ3n) is 4.20. The summed E-state index contributed by atoms with van der Waals surface area (Å²) in [6.45, 7) is 3.29. The van der Waals surface area contributed by atoms with E-state index in [-0.39, 0.29) is 23.3 Å². The molecule has 1 heterocycles. The average Bonchev–Trinajstić information content (AvgIpc) is 2.70. The predicted octanol–water partition coefficient (Wildman–Crippen LogP) is 1.36. The van der Waals surface area contributed by atoms with Crippen LogP contribution < -0.4 is 0 Å². The summed E-state index contributed by atoms with van der Waals surface area (Å²) in [7, 11) is 0. The number of fused-ring (bicyclic) bond motifs is 1. The molecular weight excluding hydrogens is 274 g/mol. The normalized spacial score (nSPS) is 22.9. The molecule has 1 aliphatic carbocycles. The molecule has 0 saturated heterocycles. The molecule has 1 fully saturated rings. The van der Waals surface area contributed by atoms with Gasteiger partial charge in [0.15, 0.2) is 0 Å². The van der Waals surface area contributed by atoms with Crippen LogP contribution in [0.3, 0.4) is 0 Å². The van der Waals surface area contributed by atoms with E-state index in [1.165, 1.54) is 12.1 Å². The first kappa shape index (κ1) is 13.5. The lowest BCUT2D eigenvalue weighted by Crippen LogP contribution is -2.51. The van der Waals surface area contributed by atoms with E-state index < -0.39 is 29.1 Å². The van der Waals surface area contributed by atoms with Crippen molar-refractivity contribution in [1.29, 1.82) is 0 Å². The number of amides is 2. The number of benzene rings is 1. The van der Waals surface area contributed by atoms with Gasteiger partial charge >= 0.3 is 5.97 Å². The van der Waals surface area contributed by atoms with Crippen molar-refractivity contribution in [3.05, 3.63) is 35.4 Å². The fraction of sp³-hybridized carbons (Fsp3) is 0.333. The predicted molar refractivity (Wildman–Crippen MR) is 69.9 cm³/mol. The molecule has 1 saturated carbocycles. The Bertz CT molecular complexity index is 656. The zero-order valence-corrected chi connectivity index (χ0v) is 11.6. The number of rotatable bonds is 2.